The van der Waals surface area contributed by atoms with E-state index in [9.17, 15) is 8.42 Å². The van der Waals surface area contributed by atoms with Gasteiger partial charge in [0.15, 0.2) is 0 Å². The second kappa shape index (κ2) is 8.72. The third kappa shape index (κ3) is 5.10. The molecule has 0 aliphatic heterocycles. The highest BCUT2D eigenvalue weighted by atomic mass is 32.2. The zero-order valence-corrected chi connectivity index (χ0v) is 15.6. The molecular weight excluding hydrogens is 364 g/mol. The van der Waals surface area contributed by atoms with Gasteiger partial charge in [-0.05, 0) is 30.3 Å². The lowest BCUT2D eigenvalue weighted by atomic mass is 10.1. The third-order valence-corrected chi connectivity index (χ3v) is 5.22. The maximum absolute atomic E-state index is 12.2. The summed E-state index contributed by atoms with van der Waals surface area (Å²) in [6.45, 7) is 0.535. The van der Waals surface area contributed by atoms with Crippen LogP contribution in [-0.4, -0.2) is 38.6 Å². The average Bonchev–Trinajstić information content (AvgIpc) is 2.69. The van der Waals surface area contributed by atoms with E-state index in [0.717, 1.165) is 11.3 Å². The molecule has 0 radical (unpaired) electrons. The molecule has 0 aliphatic rings. The molecule has 0 aliphatic carbocycles. The first-order valence-corrected chi connectivity index (χ1v) is 9.81. The van der Waals surface area contributed by atoms with Crippen LogP contribution in [-0.2, 0) is 14.8 Å². The lowest BCUT2D eigenvalue weighted by Crippen LogP contribution is -2.27. The van der Waals surface area contributed by atoms with Crippen molar-refractivity contribution in [2.75, 3.05) is 25.6 Å². The van der Waals surface area contributed by atoms with Crippen LogP contribution in [0.2, 0.25) is 0 Å². The van der Waals surface area contributed by atoms with E-state index in [2.05, 4.69) is 20.0 Å². The van der Waals surface area contributed by atoms with E-state index in [0.29, 0.717) is 18.2 Å². The van der Waals surface area contributed by atoms with Gasteiger partial charge in [-0.15, -0.1) is 0 Å². The van der Waals surface area contributed by atoms with Gasteiger partial charge in [0.2, 0.25) is 16.0 Å². The number of nitrogens with one attached hydrogen (secondary N) is 2. The molecule has 1 aromatic heterocycles. The van der Waals surface area contributed by atoms with Gasteiger partial charge >= 0.3 is 0 Å². The first-order valence-electron chi connectivity index (χ1n) is 8.33. The lowest BCUT2D eigenvalue weighted by molar-refractivity contribution is 0.204. The molecule has 140 valence electrons. The van der Waals surface area contributed by atoms with Crippen molar-refractivity contribution in [3.63, 3.8) is 0 Å². The SMILES string of the molecule is COCCNS(=O)(=O)c1ccc(Nc2nccc(-c3ccccc3)n2)cc1. The van der Waals surface area contributed by atoms with E-state index in [-0.39, 0.29) is 11.4 Å². The summed E-state index contributed by atoms with van der Waals surface area (Å²) in [5.74, 6) is 0.435. The predicted octanol–water partition coefficient (Wildman–Crippen LogP) is 2.81. The molecular formula is C19H20N4O3S. The smallest absolute Gasteiger partial charge is 0.240 e. The highest BCUT2D eigenvalue weighted by Gasteiger charge is 2.13. The Morgan fingerprint density at radius 1 is 1.00 bits per heavy atom. The lowest BCUT2D eigenvalue weighted by Gasteiger charge is -2.09. The summed E-state index contributed by atoms with van der Waals surface area (Å²) >= 11 is 0. The van der Waals surface area contributed by atoms with Crippen molar-refractivity contribution in [1.29, 1.82) is 0 Å². The molecule has 27 heavy (non-hydrogen) atoms. The summed E-state index contributed by atoms with van der Waals surface area (Å²) in [5.41, 5.74) is 2.48. The minimum Gasteiger partial charge on any atom is -0.383 e. The molecule has 0 saturated heterocycles. The standard InChI is InChI=1S/C19H20N4O3S/c1-26-14-13-21-27(24,25)17-9-7-16(8-10-17)22-19-20-12-11-18(23-19)15-5-3-2-4-6-15/h2-12,21H,13-14H2,1H3,(H,20,22,23). The number of hydrogen-bond donors (Lipinski definition) is 2. The quantitative estimate of drug-likeness (QED) is 0.580. The zero-order valence-electron chi connectivity index (χ0n) is 14.8. The number of benzene rings is 2. The second-order valence-electron chi connectivity index (χ2n) is 5.67. The van der Waals surface area contributed by atoms with Crippen molar-refractivity contribution in [2.24, 2.45) is 0 Å². The van der Waals surface area contributed by atoms with E-state index in [4.69, 9.17) is 4.74 Å². The van der Waals surface area contributed by atoms with Gasteiger partial charge in [-0.1, -0.05) is 30.3 Å². The highest BCUT2D eigenvalue weighted by molar-refractivity contribution is 7.89. The Balaban J connectivity index is 1.72. The zero-order chi connectivity index (χ0) is 19.1. The molecule has 0 bridgehead atoms. The topological polar surface area (TPSA) is 93.2 Å². The number of anilines is 2. The van der Waals surface area contributed by atoms with Crippen LogP contribution in [0.3, 0.4) is 0 Å². The number of sulfonamides is 1. The Hall–Kier alpha value is -2.81. The van der Waals surface area contributed by atoms with Crippen molar-refractivity contribution in [1.82, 2.24) is 14.7 Å². The van der Waals surface area contributed by atoms with Gasteiger partial charge in [0.1, 0.15) is 0 Å². The first kappa shape index (κ1) is 19.0. The molecule has 7 nitrogen and oxygen atoms in total. The summed E-state index contributed by atoms with van der Waals surface area (Å²) < 4.78 is 31.7. The monoisotopic (exact) mass is 384 g/mol. The molecule has 8 heteroatoms. The van der Waals surface area contributed by atoms with Crippen molar-refractivity contribution in [3.8, 4) is 11.3 Å². The highest BCUT2D eigenvalue weighted by Crippen LogP contribution is 2.20. The molecule has 3 aromatic rings. The number of methoxy groups -OCH3 is 1. The Morgan fingerprint density at radius 2 is 1.74 bits per heavy atom. The van der Waals surface area contributed by atoms with Crippen molar-refractivity contribution in [3.05, 3.63) is 66.9 Å². The van der Waals surface area contributed by atoms with Gasteiger partial charge in [0.25, 0.3) is 0 Å². The van der Waals surface area contributed by atoms with Crippen LogP contribution in [0.25, 0.3) is 11.3 Å². The van der Waals surface area contributed by atoms with E-state index in [1.165, 1.54) is 19.2 Å². The fourth-order valence-electron chi connectivity index (χ4n) is 2.40. The number of hydrogen-bond acceptors (Lipinski definition) is 6. The largest absolute Gasteiger partial charge is 0.383 e. The molecule has 0 saturated carbocycles. The summed E-state index contributed by atoms with van der Waals surface area (Å²) in [5, 5.41) is 3.09. The van der Waals surface area contributed by atoms with Crippen LogP contribution >= 0.6 is 0 Å². The predicted molar refractivity (Wildman–Crippen MR) is 104 cm³/mol. The van der Waals surface area contributed by atoms with Crippen LogP contribution in [0.1, 0.15) is 0 Å². The molecule has 0 amide bonds. The molecule has 2 aromatic carbocycles. The maximum atomic E-state index is 12.2. The van der Waals surface area contributed by atoms with Gasteiger partial charge < -0.3 is 10.1 Å². The Labute approximate surface area is 158 Å². The summed E-state index contributed by atoms with van der Waals surface area (Å²) in [4.78, 5) is 8.89. The van der Waals surface area contributed by atoms with Crippen LogP contribution in [0.15, 0.2) is 71.8 Å². The van der Waals surface area contributed by atoms with Gasteiger partial charge in [0.05, 0.1) is 17.2 Å². The molecule has 2 N–H and O–H groups in total. The van der Waals surface area contributed by atoms with Crippen LogP contribution in [0.4, 0.5) is 11.6 Å². The van der Waals surface area contributed by atoms with Gasteiger partial charge in [0, 0.05) is 31.1 Å². The van der Waals surface area contributed by atoms with Crippen molar-refractivity contribution < 1.29 is 13.2 Å². The fraction of sp³-hybridized carbons (Fsp3) is 0.158. The molecule has 1 heterocycles. The van der Waals surface area contributed by atoms with E-state index in [1.54, 1.807) is 18.3 Å². The van der Waals surface area contributed by atoms with Gasteiger partial charge in [-0.3, -0.25) is 0 Å². The molecule has 0 fully saturated rings. The average molecular weight is 384 g/mol. The van der Waals surface area contributed by atoms with Crippen molar-refractivity contribution >= 4 is 21.7 Å². The first-order chi connectivity index (χ1) is 13.1. The Kier molecular flexibility index (Phi) is 6.12. The molecule has 0 spiro atoms. The van der Waals surface area contributed by atoms with E-state index < -0.39 is 10.0 Å². The van der Waals surface area contributed by atoms with Crippen LogP contribution in [0, 0.1) is 0 Å². The maximum Gasteiger partial charge on any atom is 0.240 e. The van der Waals surface area contributed by atoms with E-state index >= 15 is 0 Å². The second-order valence-corrected chi connectivity index (χ2v) is 7.44. The van der Waals surface area contributed by atoms with Gasteiger partial charge in [-0.2, -0.15) is 0 Å². The fourth-order valence-corrected chi connectivity index (χ4v) is 3.41. The Bertz CT molecular complexity index is 977. The van der Waals surface area contributed by atoms with E-state index in [1.807, 2.05) is 36.4 Å². The number of nitrogens with zero attached hydrogens (tertiary/aromatic N) is 2. The molecule has 0 unspecified atom stereocenters. The summed E-state index contributed by atoms with van der Waals surface area (Å²) in [7, 11) is -2.04. The number of ether oxygens (including phenoxy) is 1. The molecule has 0 atom stereocenters. The Morgan fingerprint density at radius 3 is 2.44 bits per heavy atom. The normalized spacial score (nSPS) is 11.3. The minimum atomic E-state index is -3.55. The van der Waals surface area contributed by atoms with Crippen molar-refractivity contribution in [2.45, 2.75) is 4.90 Å². The minimum absolute atomic E-state index is 0.183. The summed E-state index contributed by atoms with van der Waals surface area (Å²) in [6, 6.07) is 18.0. The van der Waals surface area contributed by atoms with Gasteiger partial charge in [-0.25, -0.2) is 23.1 Å². The van der Waals surface area contributed by atoms with Crippen LogP contribution < -0.4 is 10.0 Å². The third-order valence-electron chi connectivity index (χ3n) is 3.74. The number of aromatic nitrogens is 2. The summed E-state index contributed by atoms with van der Waals surface area (Å²) in [6.07, 6.45) is 1.68. The van der Waals surface area contributed by atoms with Crippen LogP contribution in [0.5, 0.6) is 0 Å². The number of rotatable bonds is 8. The molecule has 3 rings (SSSR count).